The van der Waals surface area contributed by atoms with E-state index in [0.29, 0.717) is 22.2 Å². The molecule has 1 rings (SSSR count). The third kappa shape index (κ3) is 4.80. The molecule has 0 fully saturated rings. The first-order chi connectivity index (χ1) is 8.74. The van der Waals surface area contributed by atoms with E-state index in [1.54, 1.807) is 6.92 Å². The number of ketones is 1. The van der Waals surface area contributed by atoms with Crippen LogP contribution in [-0.2, 0) is 0 Å². The number of halogens is 5. The molecule has 1 atom stereocenters. The van der Waals surface area contributed by atoms with E-state index >= 15 is 0 Å². The Balaban J connectivity index is 2.66. The van der Waals surface area contributed by atoms with E-state index in [9.17, 15) is 22.4 Å². The summed E-state index contributed by atoms with van der Waals surface area (Å²) >= 11 is 3.76. The topological polar surface area (TPSA) is 17.1 Å². The van der Waals surface area contributed by atoms with E-state index in [1.807, 2.05) is 0 Å². The molecule has 7 heteroatoms. The number of carbonyl (C=O) groups is 1. The summed E-state index contributed by atoms with van der Waals surface area (Å²) in [5.41, 5.74) is 0.439. The van der Waals surface area contributed by atoms with Crippen molar-refractivity contribution in [1.29, 1.82) is 0 Å². The maximum atomic E-state index is 12.7. The lowest BCUT2D eigenvalue weighted by Gasteiger charge is -2.14. The van der Waals surface area contributed by atoms with Gasteiger partial charge in [-0.2, -0.15) is 8.78 Å². The van der Waals surface area contributed by atoms with Crippen molar-refractivity contribution in [3.05, 3.63) is 29.8 Å². The second-order valence-corrected chi connectivity index (χ2v) is 6.28. The molecule has 0 heterocycles. The molecule has 1 aromatic carbocycles. The normalized spacial score (nSPS) is 13.6. The van der Waals surface area contributed by atoms with Crippen LogP contribution < -0.4 is 0 Å². The van der Waals surface area contributed by atoms with E-state index in [-0.39, 0.29) is 10.6 Å². The number of alkyl halides is 5. The summed E-state index contributed by atoms with van der Waals surface area (Å²) in [4.78, 5) is 11.7. The Hall–Kier alpha value is -0.560. The highest BCUT2D eigenvalue weighted by Crippen LogP contribution is 2.31. The Morgan fingerprint density at radius 1 is 1.32 bits per heavy atom. The summed E-state index contributed by atoms with van der Waals surface area (Å²) in [6, 6.07) is 5.91. The van der Waals surface area contributed by atoms with Crippen LogP contribution in [0.25, 0.3) is 0 Å². The van der Waals surface area contributed by atoms with Crippen molar-refractivity contribution in [2.24, 2.45) is 0 Å². The molecule has 0 amide bonds. The summed E-state index contributed by atoms with van der Waals surface area (Å²) in [5.74, 6) is -5.13. The van der Waals surface area contributed by atoms with Gasteiger partial charge in [-0.25, -0.2) is 8.78 Å². The molecular formula is C12H11BrF4OS. The van der Waals surface area contributed by atoms with Crippen molar-refractivity contribution < 1.29 is 22.4 Å². The van der Waals surface area contributed by atoms with Crippen LogP contribution in [0.1, 0.15) is 17.3 Å². The molecule has 0 aromatic heterocycles. The summed E-state index contributed by atoms with van der Waals surface area (Å²) in [6.45, 7) is 1.67. The lowest BCUT2D eigenvalue weighted by atomic mass is 10.1. The van der Waals surface area contributed by atoms with Crippen LogP contribution in [0.3, 0.4) is 0 Å². The summed E-state index contributed by atoms with van der Waals surface area (Å²) in [5, 5.41) is 0. The van der Waals surface area contributed by atoms with Gasteiger partial charge >= 0.3 is 12.3 Å². The van der Waals surface area contributed by atoms with Gasteiger partial charge in [0.25, 0.3) is 0 Å². The largest absolute Gasteiger partial charge is 0.316 e. The summed E-state index contributed by atoms with van der Waals surface area (Å²) in [7, 11) is 0. The SMILES string of the molecule is CC(Br)C(=O)c1ccc(SCC(F)(F)C(F)F)cc1. The predicted molar refractivity (Wildman–Crippen MR) is 70.8 cm³/mol. The van der Waals surface area contributed by atoms with Crippen LogP contribution in [0.15, 0.2) is 29.2 Å². The van der Waals surface area contributed by atoms with E-state index in [2.05, 4.69) is 15.9 Å². The van der Waals surface area contributed by atoms with Gasteiger partial charge in [0.15, 0.2) is 5.78 Å². The molecule has 0 saturated heterocycles. The van der Waals surface area contributed by atoms with Crippen LogP contribution >= 0.6 is 27.7 Å². The minimum Gasteiger partial charge on any atom is -0.293 e. The molecule has 0 aliphatic carbocycles. The van der Waals surface area contributed by atoms with Crippen molar-refractivity contribution in [2.45, 2.75) is 29.0 Å². The van der Waals surface area contributed by atoms with Crippen molar-refractivity contribution in [1.82, 2.24) is 0 Å². The lowest BCUT2D eigenvalue weighted by Crippen LogP contribution is -2.29. The smallest absolute Gasteiger partial charge is 0.293 e. The van der Waals surface area contributed by atoms with Crippen LogP contribution in [0.4, 0.5) is 17.6 Å². The molecule has 0 aliphatic heterocycles. The predicted octanol–water partition coefficient (Wildman–Crippen LogP) is 4.65. The zero-order chi connectivity index (χ0) is 14.6. The molecule has 1 unspecified atom stereocenters. The number of benzene rings is 1. The van der Waals surface area contributed by atoms with Gasteiger partial charge in [0.2, 0.25) is 0 Å². The van der Waals surface area contributed by atoms with E-state index in [0.717, 1.165) is 0 Å². The van der Waals surface area contributed by atoms with E-state index in [4.69, 9.17) is 0 Å². The maximum Gasteiger partial charge on any atom is 0.316 e. The van der Waals surface area contributed by atoms with Crippen LogP contribution in [0, 0.1) is 0 Å². The highest BCUT2D eigenvalue weighted by molar-refractivity contribution is 9.10. The van der Waals surface area contributed by atoms with Crippen molar-refractivity contribution >= 4 is 33.5 Å². The van der Waals surface area contributed by atoms with E-state index < -0.39 is 18.1 Å². The summed E-state index contributed by atoms with van der Waals surface area (Å²) < 4.78 is 49.4. The minimum absolute atomic E-state index is 0.130. The zero-order valence-electron chi connectivity index (χ0n) is 9.88. The average molecular weight is 359 g/mol. The van der Waals surface area contributed by atoms with Gasteiger partial charge in [-0.1, -0.05) is 28.1 Å². The second-order valence-electron chi connectivity index (χ2n) is 3.86. The third-order valence-electron chi connectivity index (χ3n) is 2.25. The van der Waals surface area contributed by atoms with Gasteiger partial charge in [0, 0.05) is 10.5 Å². The number of thioether (sulfide) groups is 1. The number of hydrogen-bond acceptors (Lipinski definition) is 2. The average Bonchev–Trinajstić information content (AvgIpc) is 2.36. The fourth-order valence-electron chi connectivity index (χ4n) is 1.19. The first-order valence-corrected chi connectivity index (χ1v) is 7.21. The van der Waals surface area contributed by atoms with Crippen molar-refractivity contribution in [3.8, 4) is 0 Å². The summed E-state index contributed by atoms with van der Waals surface area (Å²) in [6.07, 6.45) is -3.67. The van der Waals surface area contributed by atoms with Crippen LogP contribution in [0.5, 0.6) is 0 Å². The van der Waals surface area contributed by atoms with Gasteiger partial charge < -0.3 is 0 Å². The lowest BCUT2D eigenvalue weighted by molar-refractivity contribution is -0.109. The molecule has 1 nitrogen and oxygen atoms in total. The quantitative estimate of drug-likeness (QED) is 0.318. The van der Waals surface area contributed by atoms with Gasteiger partial charge in [0.05, 0.1) is 10.6 Å². The Bertz CT molecular complexity index is 434. The van der Waals surface area contributed by atoms with Gasteiger partial charge in [-0.05, 0) is 19.1 Å². The zero-order valence-corrected chi connectivity index (χ0v) is 12.3. The maximum absolute atomic E-state index is 12.7. The van der Waals surface area contributed by atoms with Crippen LogP contribution in [0.2, 0.25) is 0 Å². The molecule has 106 valence electrons. The number of Topliss-reactive ketones (excluding diaryl/α,β-unsaturated/α-hetero) is 1. The highest BCUT2D eigenvalue weighted by Gasteiger charge is 2.40. The van der Waals surface area contributed by atoms with Crippen molar-refractivity contribution in [3.63, 3.8) is 0 Å². The molecular weight excluding hydrogens is 348 g/mol. The first-order valence-electron chi connectivity index (χ1n) is 5.31. The first kappa shape index (κ1) is 16.5. The molecule has 19 heavy (non-hydrogen) atoms. The number of carbonyl (C=O) groups excluding carboxylic acids is 1. The Morgan fingerprint density at radius 2 is 1.84 bits per heavy atom. The fraction of sp³-hybridized carbons (Fsp3) is 0.417. The van der Waals surface area contributed by atoms with E-state index in [1.165, 1.54) is 24.3 Å². The fourth-order valence-corrected chi connectivity index (χ4v) is 2.27. The molecule has 0 bridgehead atoms. The standard InChI is InChI=1S/C12H11BrF4OS/c1-7(13)10(18)8-2-4-9(5-3-8)19-6-12(16,17)11(14)15/h2-5,7,11H,6H2,1H3. The highest BCUT2D eigenvalue weighted by atomic mass is 79.9. The molecule has 0 N–H and O–H groups in total. The number of hydrogen-bond donors (Lipinski definition) is 0. The van der Waals surface area contributed by atoms with Gasteiger partial charge in [-0.3, -0.25) is 4.79 Å². The molecule has 0 radical (unpaired) electrons. The minimum atomic E-state index is -4.01. The molecule has 0 spiro atoms. The van der Waals surface area contributed by atoms with Gasteiger partial charge in [-0.15, -0.1) is 11.8 Å². The third-order valence-corrected chi connectivity index (χ3v) is 3.80. The van der Waals surface area contributed by atoms with Crippen molar-refractivity contribution in [2.75, 3.05) is 5.75 Å². The Morgan fingerprint density at radius 3 is 2.26 bits per heavy atom. The number of rotatable bonds is 6. The second kappa shape index (κ2) is 6.74. The molecule has 1 aromatic rings. The molecule has 0 aliphatic rings. The van der Waals surface area contributed by atoms with Gasteiger partial charge in [0.1, 0.15) is 0 Å². The Labute approximate surface area is 120 Å². The monoisotopic (exact) mass is 358 g/mol. The van der Waals surface area contributed by atoms with Crippen LogP contribution in [-0.4, -0.2) is 28.7 Å². The molecule has 0 saturated carbocycles. The Kier molecular flexibility index (Phi) is 5.85.